The lowest BCUT2D eigenvalue weighted by Gasteiger charge is -2.08. The van der Waals surface area contributed by atoms with Gasteiger partial charge in [0.15, 0.2) is 0 Å². The average Bonchev–Trinajstić information content (AvgIpc) is 2.74. The first-order chi connectivity index (χ1) is 7.09. The highest BCUT2D eigenvalue weighted by Crippen LogP contribution is 2.28. The molecule has 2 rings (SSSR count). The van der Waals surface area contributed by atoms with Crippen LogP contribution in [0.4, 0.5) is 0 Å². The van der Waals surface area contributed by atoms with E-state index in [0.29, 0.717) is 0 Å². The van der Waals surface area contributed by atoms with E-state index in [1.54, 1.807) is 22.2 Å². The predicted molar refractivity (Wildman–Crippen MR) is 60.8 cm³/mol. The lowest BCUT2D eigenvalue weighted by molar-refractivity contribution is 0.654. The Kier molecular flexibility index (Phi) is 2.58. The molecule has 0 bridgehead atoms. The maximum atomic E-state index is 6.15. The van der Waals surface area contributed by atoms with Crippen molar-refractivity contribution in [2.24, 2.45) is 12.8 Å². The summed E-state index contributed by atoms with van der Waals surface area (Å²) in [5, 5.41) is 7.72. The van der Waals surface area contributed by atoms with Gasteiger partial charge in [-0.1, -0.05) is 5.21 Å². The van der Waals surface area contributed by atoms with Crippen LogP contribution in [0.3, 0.4) is 0 Å². The molecule has 2 N–H and O–H groups in total. The Morgan fingerprint density at radius 2 is 2.20 bits per heavy atom. The summed E-state index contributed by atoms with van der Waals surface area (Å²) in [6, 6.07) is 2.01. The number of nitrogens with zero attached hydrogens (tertiary/aromatic N) is 3. The molecule has 15 heavy (non-hydrogen) atoms. The highest BCUT2D eigenvalue weighted by Gasteiger charge is 2.15. The molecule has 2 aromatic heterocycles. The maximum absolute atomic E-state index is 6.15. The molecule has 0 radical (unpaired) electrons. The van der Waals surface area contributed by atoms with Gasteiger partial charge in [0.25, 0.3) is 0 Å². The molecule has 2 heterocycles. The van der Waals surface area contributed by atoms with Crippen LogP contribution in [0.1, 0.15) is 27.1 Å². The Morgan fingerprint density at radius 3 is 2.67 bits per heavy atom. The third-order valence-electron chi connectivity index (χ3n) is 2.56. The van der Waals surface area contributed by atoms with Gasteiger partial charge in [-0.2, -0.15) is 0 Å². The van der Waals surface area contributed by atoms with Crippen molar-refractivity contribution in [1.29, 1.82) is 0 Å². The zero-order valence-corrected chi connectivity index (χ0v) is 9.88. The first kappa shape index (κ1) is 10.3. The van der Waals surface area contributed by atoms with Crippen LogP contribution in [0.2, 0.25) is 0 Å². The van der Waals surface area contributed by atoms with Crippen molar-refractivity contribution in [1.82, 2.24) is 15.0 Å². The summed E-state index contributed by atoms with van der Waals surface area (Å²) < 4.78 is 1.72. The number of hydrogen-bond donors (Lipinski definition) is 1. The molecule has 0 amide bonds. The third-order valence-corrected chi connectivity index (χ3v) is 3.80. The van der Waals surface area contributed by atoms with Gasteiger partial charge < -0.3 is 5.73 Å². The molecule has 4 nitrogen and oxygen atoms in total. The number of aromatic nitrogens is 3. The highest BCUT2D eigenvalue weighted by atomic mass is 32.1. The quantitative estimate of drug-likeness (QED) is 0.838. The van der Waals surface area contributed by atoms with E-state index in [2.05, 4.69) is 30.2 Å². The van der Waals surface area contributed by atoms with Crippen LogP contribution in [0.5, 0.6) is 0 Å². The van der Waals surface area contributed by atoms with E-state index in [0.717, 1.165) is 10.6 Å². The third kappa shape index (κ3) is 1.80. The van der Waals surface area contributed by atoms with Gasteiger partial charge in [0, 0.05) is 16.8 Å². The second-order valence-electron chi connectivity index (χ2n) is 3.65. The number of nitrogens with two attached hydrogens (primary N) is 1. The van der Waals surface area contributed by atoms with Gasteiger partial charge in [-0.3, -0.25) is 4.68 Å². The Morgan fingerprint density at radius 1 is 1.47 bits per heavy atom. The van der Waals surface area contributed by atoms with Crippen LogP contribution in [-0.2, 0) is 7.05 Å². The molecule has 1 atom stereocenters. The predicted octanol–water partition coefficient (Wildman–Crippen LogP) is 1.54. The standard InChI is InChI=1S/C10H14N4S/c1-6-4-9(15-7(6)2)10(11)8-5-12-13-14(8)3/h4-5,10H,11H2,1-3H3. The fraction of sp³-hybridized carbons (Fsp3) is 0.400. The van der Waals surface area contributed by atoms with Crippen LogP contribution >= 0.6 is 11.3 Å². The summed E-state index contributed by atoms with van der Waals surface area (Å²) in [6.45, 7) is 4.21. The van der Waals surface area contributed by atoms with E-state index < -0.39 is 0 Å². The summed E-state index contributed by atoms with van der Waals surface area (Å²) >= 11 is 1.74. The van der Waals surface area contributed by atoms with Gasteiger partial charge in [0.2, 0.25) is 0 Å². The number of thiophene rings is 1. The molecule has 0 fully saturated rings. The molecule has 80 valence electrons. The Bertz CT molecular complexity index is 452. The van der Waals surface area contributed by atoms with Gasteiger partial charge in [-0.15, -0.1) is 16.4 Å². The summed E-state index contributed by atoms with van der Waals surface area (Å²) in [4.78, 5) is 2.48. The van der Waals surface area contributed by atoms with Crippen molar-refractivity contribution in [2.45, 2.75) is 19.9 Å². The molecule has 0 saturated carbocycles. The minimum absolute atomic E-state index is 0.123. The van der Waals surface area contributed by atoms with Gasteiger partial charge in [0.1, 0.15) is 0 Å². The van der Waals surface area contributed by atoms with Crippen molar-refractivity contribution in [3.63, 3.8) is 0 Å². The number of rotatable bonds is 2. The van der Waals surface area contributed by atoms with Crippen LogP contribution in [-0.4, -0.2) is 15.0 Å². The first-order valence-electron chi connectivity index (χ1n) is 4.76. The Balaban J connectivity index is 2.36. The molecule has 0 aliphatic carbocycles. The Hall–Kier alpha value is -1.20. The molecule has 0 saturated heterocycles. The fourth-order valence-electron chi connectivity index (χ4n) is 1.48. The lowest BCUT2D eigenvalue weighted by atomic mass is 10.1. The van der Waals surface area contributed by atoms with Crippen LogP contribution in [0.15, 0.2) is 12.3 Å². The fourth-order valence-corrected chi connectivity index (χ4v) is 2.54. The average molecular weight is 222 g/mol. The molecule has 0 aliphatic rings. The minimum Gasteiger partial charge on any atom is -0.318 e. The lowest BCUT2D eigenvalue weighted by Crippen LogP contribution is -2.14. The highest BCUT2D eigenvalue weighted by molar-refractivity contribution is 7.12. The van der Waals surface area contributed by atoms with Crippen molar-refractivity contribution in [3.05, 3.63) is 33.3 Å². The van der Waals surface area contributed by atoms with E-state index in [-0.39, 0.29) is 6.04 Å². The van der Waals surface area contributed by atoms with E-state index in [9.17, 15) is 0 Å². The van der Waals surface area contributed by atoms with Crippen molar-refractivity contribution < 1.29 is 0 Å². The van der Waals surface area contributed by atoms with Crippen molar-refractivity contribution >= 4 is 11.3 Å². The summed E-state index contributed by atoms with van der Waals surface area (Å²) in [7, 11) is 1.86. The minimum atomic E-state index is -0.123. The second-order valence-corrected chi connectivity index (χ2v) is 4.94. The molecule has 0 aliphatic heterocycles. The summed E-state index contributed by atoms with van der Waals surface area (Å²) in [5.41, 5.74) is 8.39. The van der Waals surface area contributed by atoms with Crippen LogP contribution < -0.4 is 5.73 Å². The monoisotopic (exact) mass is 222 g/mol. The normalized spacial score (nSPS) is 13.1. The number of aryl methyl sites for hydroxylation is 3. The summed E-state index contributed by atoms with van der Waals surface area (Å²) in [6.07, 6.45) is 1.72. The molecule has 0 aromatic carbocycles. The van der Waals surface area contributed by atoms with E-state index in [1.165, 1.54) is 10.4 Å². The molecule has 5 heteroatoms. The Labute approximate surface area is 92.7 Å². The van der Waals surface area contributed by atoms with E-state index in [4.69, 9.17) is 5.73 Å². The van der Waals surface area contributed by atoms with Gasteiger partial charge in [-0.05, 0) is 25.5 Å². The van der Waals surface area contributed by atoms with E-state index in [1.807, 2.05) is 7.05 Å². The largest absolute Gasteiger partial charge is 0.318 e. The van der Waals surface area contributed by atoms with Crippen molar-refractivity contribution in [3.8, 4) is 0 Å². The zero-order valence-electron chi connectivity index (χ0n) is 9.06. The van der Waals surface area contributed by atoms with Crippen LogP contribution in [0.25, 0.3) is 0 Å². The molecular weight excluding hydrogens is 208 g/mol. The van der Waals surface area contributed by atoms with Crippen molar-refractivity contribution in [2.75, 3.05) is 0 Å². The molecule has 1 unspecified atom stereocenters. The van der Waals surface area contributed by atoms with Crippen LogP contribution in [0, 0.1) is 13.8 Å². The molecule has 0 spiro atoms. The SMILES string of the molecule is Cc1cc(C(N)c2cnnn2C)sc1C. The molecular formula is C10H14N4S. The van der Waals surface area contributed by atoms with Gasteiger partial charge in [-0.25, -0.2) is 0 Å². The van der Waals surface area contributed by atoms with Gasteiger partial charge in [0.05, 0.1) is 17.9 Å². The smallest absolute Gasteiger partial charge is 0.0833 e. The second kappa shape index (κ2) is 3.75. The van der Waals surface area contributed by atoms with E-state index >= 15 is 0 Å². The summed E-state index contributed by atoms with van der Waals surface area (Å²) in [5.74, 6) is 0. The first-order valence-corrected chi connectivity index (χ1v) is 5.58. The molecule has 2 aromatic rings. The van der Waals surface area contributed by atoms with Gasteiger partial charge >= 0.3 is 0 Å². The zero-order chi connectivity index (χ0) is 11.0. The topological polar surface area (TPSA) is 56.7 Å². The number of hydrogen-bond acceptors (Lipinski definition) is 4. The maximum Gasteiger partial charge on any atom is 0.0833 e.